The molecule has 3 aliphatic rings. The number of carbonyl (C=O) groups is 2. The second-order valence-corrected chi connectivity index (χ2v) is 8.45. The number of anilines is 1. The second kappa shape index (κ2) is 6.77. The molecular formula is C26H16N4O5. The van der Waals surface area contributed by atoms with Gasteiger partial charge in [0, 0.05) is 46.4 Å². The number of likely N-dealkylation sites (N-methyl/N-ethyl adjacent to an activating group) is 1. The number of benzene rings is 3. The fourth-order valence-electron chi connectivity index (χ4n) is 5.55. The van der Waals surface area contributed by atoms with E-state index < -0.39 is 22.0 Å². The molecule has 1 atom stereocenters. The second-order valence-electron chi connectivity index (χ2n) is 8.45. The summed E-state index contributed by atoms with van der Waals surface area (Å²) in [5, 5.41) is 23.3. The minimum Gasteiger partial charge on any atom is -0.439 e. The van der Waals surface area contributed by atoms with Crippen LogP contribution >= 0.6 is 0 Å². The van der Waals surface area contributed by atoms with Gasteiger partial charge < -0.3 is 15.4 Å². The van der Waals surface area contributed by atoms with Crippen molar-refractivity contribution in [1.82, 2.24) is 0 Å². The van der Waals surface area contributed by atoms with Gasteiger partial charge in [0.05, 0.1) is 10.5 Å². The Kier molecular flexibility index (Phi) is 3.99. The van der Waals surface area contributed by atoms with E-state index in [9.17, 15) is 25.0 Å². The van der Waals surface area contributed by atoms with Gasteiger partial charge in [-0.05, 0) is 18.4 Å². The summed E-state index contributed by atoms with van der Waals surface area (Å²) >= 11 is 0. The summed E-state index contributed by atoms with van der Waals surface area (Å²) in [5.74, 6) is -1.31. The van der Waals surface area contributed by atoms with E-state index in [0.717, 1.165) is 5.39 Å². The van der Waals surface area contributed by atoms with Crippen molar-refractivity contribution in [2.75, 3.05) is 11.4 Å². The quantitative estimate of drug-likeness (QED) is 0.451. The highest BCUT2D eigenvalue weighted by atomic mass is 16.6. The van der Waals surface area contributed by atoms with Gasteiger partial charge in [-0.25, -0.2) is 0 Å². The highest BCUT2D eigenvalue weighted by Gasteiger charge is 2.63. The van der Waals surface area contributed by atoms with Gasteiger partial charge in [0.25, 0.3) is 5.69 Å². The van der Waals surface area contributed by atoms with Crippen molar-refractivity contribution in [3.8, 4) is 6.07 Å². The Labute approximate surface area is 198 Å². The van der Waals surface area contributed by atoms with Crippen LogP contribution in [0.1, 0.15) is 28.4 Å². The summed E-state index contributed by atoms with van der Waals surface area (Å²) in [7, 11) is 0. The number of hydrogen-bond acceptors (Lipinski definition) is 7. The van der Waals surface area contributed by atoms with E-state index in [-0.39, 0.29) is 40.6 Å². The molecule has 3 aromatic carbocycles. The molecule has 0 bridgehead atoms. The molecule has 6 rings (SSSR count). The average Bonchev–Trinajstić information content (AvgIpc) is 3.09. The number of ether oxygens (including phenoxy) is 1. The van der Waals surface area contributed by atoms with E-state index in [2.05, 4.69) is 0 Å². The number of nitrogens with two attached hydrogens (primary N) is 1. The maximum absolute atomic E-state index is 14.2. The van der Waals surface area contributed by atoms with Crippen LogP contribution in [0.4, 0.5) is 11.4 Å². The van der Waals surface area contributed by atoms with Gasteiger partial charge in [0.1, 0.15) is 22.8 Å². The van der Waals surface area contributed by atoms with Crippen LogP contribution in [0.25, 0.3) is 16.5 Å². The van der Waals surface area contributed by atoms with Gasteiger partial charge >= 0.3 is 0 Å². The normalized spacial score (nSPS) is 20.2. The maximum Gasteiger partial charge on any atom is 0.269 e. The van der Waals surface area contributed by atoms with Crippen molar-refractivity contribution in [2.24, 2.45) is 5.73 Å². The number of ketones is 1. The topological polar surface area (TPSA) is 140 Å². The van der Waals surface area contributed by atoms with Crippen molar-refractivity contribution < 1.29 is 19.2 Å². The number of amides is 1. The van der Waals surface area contributed by atoms with Crippen molar-refractivity contribution in [3.05, 3.63) is 98.4 Å². The molecule has 0 fully saturated rings. The monoisotopic (exact) mass is 464 g/mol. The molecule has 1 spiro atoms. The first-order valence-corrected chi connectivity index (χ1v) is 10.9. The molecule has 1 amide bonds. The van der Waals surface area contributed by atoms with E-state index in [1.54, 1.807) is 31.2 Å². The maximum atomic E-state index is 14.2. The largest absolute Gasteiger partial charge is 0.439 e. The van der Waals surface area contributed by atoms with Crippen LogP contribution < -0.4 is 10.6 Å². The summed E-state index contributed by atoms with van der Waals surface area (Å²) < 4.78 is 5.90. The first-order chi connectivity index (χ1) is 16.9. The zero-order valence-corrected chi connectivity index (χ0v) is 18.4. The van der Waals surface area contributed by atoms with Crippen LogP contribution in [0.15, 0.2) is 71.6 Å². The van der Waals surface area contributed by atoms with Gasteiger partial charge in [-0.2, -0.15) is 5.26 Å². The van der Waals surface area contributed by atoms with Gasteiger partial charge in [0.2, 0.25) is 11.8 Å². The molecule has 3 aromatic rings. The lowest BCUT2D eigenvalue weighted by Gasteiger charge is -2.38. The number of nitro groups is 1. The van der Waals surface area contributed by atoms with Crippen molar-refractivity contribution in [2.45, 2.75) is 12.3 Å². The fraction of sp³-hybridized carbons (Fsp3) is 0.115. The number of nitro benzene ring substituents is 1. The third-order valence-corrected chi connectivity index (χ3v) is 6.94. The Hall–Kier alpha value is -4.97. The van der Waals surface area contributed by atoms with Crippen molar-refractivity contribution >= 4 is 39.6 Å². The number of nitriles is 1. The van der Waals surface area contributed by atoms with Crippen LogP contribution in [-0.4, -0.2) is 23.2 Å². The average molecular weight is 464 g/mol. The molecule has 0 radical (unpaired) electrons. The Morgan fingerprint density at radius 2 is 1.86 bits per heavy atom. The van der Waals surface area contributed by atoms with Crippen LogP contribution in [0.2, 0.25) is 0 Å². The molecule has 170 valence electrons. The summed E-state index contributed by atoms with van der Waals surface area (Å²) in [6.45, 7) is 1.96. The fourth-order valence-corrected chi connectivity index (χ4v) is 5.55. The molecule has 9 nitrogen and oxygen atoms in total. The Morgan fingerprint density at radius 1 is 1.14 bits per heavy atom. The predicted molar refractivity (Wildman–Crippen MR) is 126 cm³/mol. The van der Waals surface area contributed by atoms with Gasteiger partial charge in [-0.15, -0.1) is 0 Å². The molecule has 2 N–H and O–H groups in total. The number of hydrogen-bond donors (Lipinski definition) is 1. The third kappa shape index (κ3) is 2.30. The van der Waals surface area contributed by atoms with Crippen LogP contribution in [0.5, 0.6) is 0 Å². The molecule has 2 aliphatic heterocycles. The molecular weight excluding hydrogens is 448 g/mol. The molecule has 2 heterocycles. The lowest BCUT2D eigenvalue weighted by molar-refractivity contribution is -0.384. The van der Waals surface area contributed by atoms with Crippen molar-refractivity contribution in [1.29, 1.82) is 5.26 Å². The number of fused-ring (bicyclic) bond motifs is 4. The first-order valence-electron chi connectivity index (χ1n) is 10.9. The first kappa shape index (κ1) is 20.6. The van der Waals surface area contributed by atoms with E-state index in [0.29, 0.717) is 22.2 Å². The Morgan fingerprint density at radius 3 is 2.51 bits per heavy atom. The minimum atomic E-state index is -1.98. The van der Waals surface area contributed by atoms with Gasteiger partial charge in [0.15, 0.2) is 5.78 Å². The molecule has 0 saturated heterocycles. The Balaban J connectivity index is 1.80. The van der Waals surface area contributed by atoms with Crippen molar-refractivity contribution in [3.63, 3.8) is 0 Å². The zero-order valence-electron chi connectivity index (χ0n) is 18.4. The highest BCUT2D eigenvalue weighted by molar-refractivity contribution is 6.31. The van der Waals surface area contributed by atoms with E-state index in [1.807, 2.05) is 18.2 Å². The number of rotatable bonds is 2. The molecule has 9 heteroatoms. The van der Waals surface area contributed by atoms with Crippen LogP contribution in [-0.2, 0) is 14.9 Å². The van der Waals surface area contributed by atoms with E-state index in [1.165, 1.54) is 23.1 Å². The molecule has 0 saturated carbocycles. The third-order valence-electron chi connectivity index (χ3n) is 6.94. The van der Waals surface area contributed by atoms with Crippen LogP contribution in [0.3, 0.4) is 0 Å². The highest BCUT2D eigenvalue weighted by Crippen LogP contribution is 2.58. The van der Waals surface area contributed by atoms with Gasteiger partial charge in [-0.3, -0.25) is 19.7 Å². The molecule has 1 unspecified atom stereocenters. The number of carbonyl (C=O) groups excluding carboxylic acids is 2. The van der Waals surface area contributed by atoms with E-state index >= 15 is 0 Å². The molecule has 35 heavy (non-hydrogen) atoms. The summed E-state index contributed by atoms with van der Waals surface area (Å²) in [6, 6.07) is 16.7. The van der Waals surface area contributed by atoms with Gasteiger partial charge in [-0.1, -0.05) is 36.4 Å². The number of nitrogens with zero attached hydrogens (tertiary/aromatic N) is 3. The number of non-ortho nitro benzene ring substituents is 1. The zero-order chi connectivity index (χ0) is 24.6. The molecule has 1 aliphatic carbocycles. The predicted octanol–water partition coefficient (Wildman–Crippen LogP) is 3.68. The summed E-state index contributed by atoms with van der Waals surface area (Å²) in [6.07, 6.45) is 0. The van der Waals surface area contributed by atoms with Crippen LogP contribution in [0, 0.1) is 21.4 Å². The summed E-state index contributed by atoms with van der Waals surface area (Å²) in [4.78, 5) is 40.8. The SMILES string of the molecule is CCN1C(=O)C2(C(C#N)=C(N)OC3=C2C(=O)c2cccc4cccc3c24)c2cc([N+](=O)[O-])ccc21. The van der Waals surface area contributed by atoms with E-state index in [4.69, 9.17) is 10.5 Å². The molecule has 0 aromatic heterocycles. The smallest absolute Gasteiger partial charge is 0.269 e. The number of Topliss-reactive ketones (excluding diaryl/α,β-unsaturated/α-hetero) is 1. The Bertz CT molecular complexity index is 1660. The lowest BCUT2D eigenvalue weighted by Crippen LogP contribution is -2.48. The summed E-state index contributed by atoms with van der Waals surface area (Å²) in [5.41, 5.74) is 5.11. The lowest BCUT2D eigenvalue weighted by atomic mass is 9.64. The standard InChI is InChI=1S/C26H16N4O5/c1-2-29-19-10-9-14(30(33)34)11-17(19)26(25(29)32)18(12-27)24(28)35-23-16-8-4-6-13-5-3-7-15(20(13)16)22(31)21(23)26/h3-11H,2,28H2,1H3. The minimum absolute atomic E-state index is 0.0582.